The van der Waals surface area contributed by atoms with E-state index in [1.165, 1.54) is 10.6 Å². The molecule has 1 saturated heterocycles. The fourth-order valence-corrected chi connectivity index (χ4v) is 3.63. The summed E-state index contributed by atoms with van der Waals surface area (Å²) in [6, 6.07) is 7.17. The lowest BCUT2D eigenvalue weighted by atomic mass is 9.91. The molecule has 20 heavy (non-hydrogen) atoms. The van der Waals surface area contributed by atoms with Crippen molar-refractivity contribution in [3.63, 3.8) is 0 Å². The highest BCUT2D eigenvalue weighted by molar-refractivity contribution is 7.88. The average molecular weight is 298 g/mol. The van der Waals surface area contributed by atoms with E-state index in [4.69, 9.17) is 5.73 Å². The van der Waals surface area contributed by atoms with E-state index in [0.717, 1.165) is 18.4 Å². The van der Waals surface area contributed by atoms with Crippen molar-refractivity contribution in [1.82, 2.24) is 4.31 Å². The third-order valence-electron chi connectivity index (χ3n) is 3.83. The van der Waals surface area contributed by atoms with Crippen LogP contribution in [0.15, 0.2) is 24.3 Å². The Balaban J connectivity index is 1.97. The molecule has 2 rings (SSSR count). The maximum atomic E-state index is 11.6. The minimum absolute atomic E-state index is 0.200. The van der Waals surface area contributed by atoms with Gasteiger partial charge in [0.05, 0.1) is 12.4 Å². The molecular weight excluding hydrogens is 276 g/mol. The van der Waals surface area contributed by atoms with Gasteiger partial charge in [-0.15, -0.1) is 0 Å². The summed E-state index contributed by atoms with van der Waals surface area (Å²) in [5.41, 5.74) is 7.12. The van der Waals surface area contributed by atoms with Crippen molar-refractivity contribution in [2.24, 2.45) is 5.92 Å². The van der Waals surface area contributed by atoms with Gasteiger partial charge in [-0.05, 0) is 42.9 Å². The fraction of sp³-hybridized carbons (Fsp3) is 0.571. The van der Waals surface area contributed by atoms with E-state index >= 15 is 0 Å². The molecule has 0 amide bonds. The average Bonchev–Trinajstić information content (AvgIpc) is 2.38. The Labute approximate surface area is 120 Å². The SMILES string of the molecule is CS(=O)(=O)N1CCCC(CC(O)c2ccc(N)cc2)C1. The molecule has 0 aliphatic carbocycles. The first kappa shape index (κ1) is 15.3. The van der Waals surface area contributed by atoms with Crippen LogP contribution in [-0.2, 0) is 10.0 Å². The molecule has 0 aromatic heterocycles. The van der Waals surface area contributed by atoms with Gasteiger partial charge in [0, 0.05) is 18.8 Å². The summed E-state index contributed by atoms with van der Waals surface area (Å²) < 4.78 is 24.7. The van der Waals surface area contributed by atoms with Gasteiger partial charge in [0.15, 0.2) is 0 Å². The van der Waals surface area contributed by atoms with Crippen LogP contribution in [0.25, 0.3) is 0 Å². The van der Waals surface area contributed by atoms with Crippen molar-refractivity contribution >= 4 is 15.7 Å². The first-order valence-corrected chi connectivity index (χ1v) is 8.69. The highest BCUT2D eigenvalue weighted by atomic mass is 32.2. The zero-order valence-electron chi connectivity index (χ0n) is 11.7. The van der Waals surface area contributed by atoms with Crippen molar-refractivity contribution in [2.75, 3.05) is 25.1 Å². The minimum atomic E-state index is -3.13. The number of nitrogen functional groups attached to an aromatic ring is 1. The van der Waals surface area contributed by atoms with Crippen LogP contribution in [0.4, 0.5) is 5.69 Å². The second-order valence-corrected chi connectivity index (χ2v) is 7.53. The molecule has 112 valence electrons. The van der Waals surface area contributed by atoms with Gasteiger partial charge in [-0.25, -0.2) is 12.7 Å². The van der Waals surface area contributed by atoms with Crippen LogP contribution in [0, 0.1) is 5.92 Å². The predicted molar refractivity (Wildman–Crippen MR) is 79.6 cm³/mol. The molecule has 0 saturated carbocycles. The predicted octanol–water partition coefficient (Wildman–Crippen LogP) is 1.36. The number of rotatable bonds is 4. The van der Waals surface area contributed by atoms with E-state index in [0.29, 0.717) is 25.2 Å². The molecule has 1 aromatic carbocycles. The van der Waals surface area contributed by atoms with E-state index in [1.54, 1.807) is 12.1 Å². The largest absolute Gasteiger partial charge is 0.399 e. The third-order valence-corrected chi connectivity index (χ3v) is 5.10. The Hall–Kier alpha value is -1.11. The molecule has 3 N–H and O–H groups in total. The van der Waals surface area contributed by atoms with Crippen molar-refractivity contribution in [3.05, 3.63) is 29.8 Å². The number of hydrogen-bond donors (Lipinski definition) is 2. The highest BCUT2D eigenvalue weighted by Crippen LogP contribution is 2.28. The summed E-state index contributed by atoms with van der Waals surface area (Å²) in [5, 5.41) is 10.2. The number of nitrogens with zero attached hydrogens (tertiary/aromatic N) is 1. The monoisotopic (exact) mass is 298 g/mol. The Morgan fingerprint density at radius 1 is 1.40 bits per heavy atom. The van der Waals surface area contributed by atoms with Crippen LogP contribution in [0.3, 0.4) is 0 Å². The highest BCUT2D eigenvalue weighted by Gasteiger charge is 2.27. The maximum Gasteiger partial charge on any atom is 0.211 e. The summed E-state index contributed by atoms with van der Waals surface area (Å²) >= 11 is 0. The Morgan fingerprint density at radius 2 is 2.05 bits per heavy atom. The van der Waals surface area contributed by atoms with Crippen molar-refractivity contribution < 1.29 is 13.5 Å². The topological polar surface area (TPSA) is 83.6 Å². The maximum absolute atomic E-state index is 11.6. The van der Waals surface area contributed by atoms with E-state index in [9.17, 15) is 13.5 Å². The molecule has 0 spiro atoms. The smallest absolute Gasteiger partial charge is 0.211 e. The molecule has 2 atom stereocenters. The van der Waals surface area contributed by atoms with Gasteiger partial charge >= 0.3 is 0 Å². The molecule has 1 fully saturated rings. The molecular formula is C14H22N2O3S. The molecule has 2 unspecified atom stereocenters. The quantitative estimate of drug-likeness (QED) is 0.822. The Bertz CT molecular complexity index is 542. The molecule has 1 aromatic rings. The number of benzene rings is 1. The number of piperidine rings is 1. The number of anilines is 1. The zero-order valence-corrected chi connectivity index (χ0v) is 12.5. The van der Waals surface area contributed by atoms with Gasteiger partial charge in [0.1, 0.15) is 0 Å². The zero-order chi connectivity index (χ0) is 14.8. The van der Waals surface area contributed by atoms with Crippen molar-refractivity contribution in [2.45, 2.75) is 25.4 Å². The molecule has 5 nitrogen and oxygen atoms in total. The van der Waals surface area contributed by atoms with Gasteiger partial charge < -0.3 is 10.8 Å². The standard InChI is InChI=1S/C14H22N2O3S/c1-20(18,19)16-8-2-3-11(10-16)9-14(17)12-4-6-13(15)7-5-12/h4-7,11,14,17H,2-3,8-10,15H2,1H3. The van der Waals surface area contributed by atoms with E-state index in [1.807, 2.05) is 12.1 Å². The molecule has 0 radical (unpaired) electrons. The second-order valence-electron chi connectivity index (χ2n) is 5.55. The number of aliphatic hydroxyl groups excluding tert-OH is 1. The number of nitrogens with two attached hydrogens (primary N) is 1. The Kier molecular flexibility index (Phi) is 4.67. The van der Waals surface area contributed by atoms with Gasteiger partial charge in [-0.2, -0.15) is 0 Å². The van der Waals surface area contributed by atoms with Crippen LogP contribution >= 0.6 is 0 Å². The summed E-state index contributed by atoms with van der Waals surface area (Å²) in [7, 11) is -3.13. The van der Waals surface area contributed by atoms with Crippen LogP contribution in [0.5, 0.6) is 0 Å². The van der Waals surface area contributed by atoms with Crippen molar-refractivity contribution in [3.8, 4) is 0 Å². The fourth-order valence-electron chi connectivity index (χ4n) is 2.69. The summed E-state index contributed by atoms with van der Waals surface area (Å²) in [5.74, 6) is 0.200. The molecule has 0 bridgehead atoms. The molecule has 6 heteroatoms. The lowest BCUT2D eigenvalue weighted by molar-refractivity contribution is 0.123. The van der Waals surface area contributed by atoms with Crippen LogP contribution < -0.4 is 5.73 Å². The molecule has 1 aliphatic heterocycles. The number of aliphatic hydroxyl groups is 1. The first-order valence-electron chi connectivity index (χ1n) is 6.85. The van der Waals surface area contributed by atoms with Crippen LogP contribution in [0.2, 0.25) is 0 Å². The van der Waals surface area contributed by atoms with E-state index in [2.05, 4.69) is 0 Å². The summed E-state index contributed by atoms with van der Waals surface area (Å²) in [6.07, 6.45) is 3.06. The van der Waals surface area contributed by atoms with Crippen LogP contribution in [-0.4, -0.2) is 37.2 Å². The van der Waals surface area contributed by atoms with Gasteiger partial charge in [0.25, 0.3) is 0 Å². The normalized spacial score (nSPS) is 22.6. The lowest BCUT2D eigenvalue weighted by Crippen LogP contribution is -2.39. The minimum Gasteiger partial charge on any atom is -0.399 e. The van der Waals surface area contributed by atoms with Crippen LogP contribution in [0.1, 0.15) is 30.9 Å². The van der Waals surface area contributed by atoms with Crippen molar-refractivity contribution in [1.29, 1.82) is 0 Å². The second kappa shape index (κ2) is 6.11. The molecule has 1 aliphatic rings. The first-order chi connectivity index (χ1) is 9.36. The Morgan fingerprint density at radius 3 is 2.65 bits per heavy atom. The van der Waals surface area contributed by atoms with E-state index in [-0.39, 0.29) is 5.92 Å². The van der Waals surface area contributed by atoms with E-state index < -0.39 is 16.1 Å². The van der Waals surface area contributed by atoms with Gasteiger partial charge in [0.2, 0.25) is 10.0 Å². The summed E-state index contributed by atoms with van der Waals surface area (Å²) in [4.78, 5) is 0. The number of hydrogen-bond acceptors (Lipinski definition) is 4. The van der Waals surface area contributed by atoms with Gasteiger partial charge in [-0.1, -0.05) is 12.1 Å². The summed E-state index contributed by atoms with van der Waals surface area (Å²) in [6.45, 7) is 1.10. The lowest BCUT2D eigenvalue weighted by Gasteiger charge is -2.32. The van der Waals surface area contributed by atoms with Gasteiger partial charge in [-0.3, -0.25) is 0 Å². The molecule has 1 heterocycles. The number of sulfonamides is 1. The third kappa shape index (κ3) is 3.94.